The third kappa shape index (κ3) is 4.14. The highest BCUT2D eigenvalue weighted by Crippen LogP contribution is 2.67. The molecule has 0 aromatic carbocycles. The number of aliphatic hydroxyl groups excluding tert-OH is 4. The van der Waals surface area contributed by atoms with Crippen molar-refractivity contribution in [1.29, 1.82) is 0 Å². The summed E-state index contributed by atoms with van der Waals surface area (Å²) in [7, 11) is 0. The molecule has 5 N–H and O–H groups in total. The normalized spacial score (nSPS) is 52.7. The quantitative estimate of drug-likeness (QED) is 0.370. The lowest BCUT2D eigenvalue weighted by Gasteiger charge is -2.60. The molecule has 1 saturated heterocycles. The molecule has 9 nitrogen and oxygen atoms in total. The van der Waals surface area contributed by atoms with Gasteiger partial charge in [-0.25, -0.2) is 4.79 Å². The van der Waals surface area contributed by atoms with E-state index in [-0.39, 0.29) is 35.2 Å². The van der Waals surface area contributed by atoms with Gasteiger partial charge in [-0.05, 0) is 92.3 Å². The number of carboxylic acids is 1. The van der Waals surface area contributed by atoms with Crippen LogP contribution in [0.3, 0.4) is 0 Å². The second-order valence-electron chi connectivity index (χ2n) is 12.8. The Morgan fingerprint density at radius 1 is 0.861 bits per heavy atom. The molecule has 9 heteroatoms. The molecule has 0 spiro atoms. The summed E-state index contributed by atoms with van der Waals surface area (Å²) in [4.78, 5) is 24.7. The molecule has 204 valence electrons. The van der Waals surface area contributed by atoms with E-state index in [1.54, 1.807) is 0 Å². The van der Waals surface area contributed by atoms with Gasteiger partial charge < -0.3 is 35.0 Å². The van der Waals surface area contributed by atoms with Gasteiger partial charge in [-0.15, -0.1) is 0 Å². The zero-order valence-electron chi connectivity index (χ0n) is 21.3. The smallest absolute Gasteiger partial charge is 0.335 e. The lowest BCUT2D eigenvalue weighted by atomic mass is 9.44. The topological polar surface area (TPSA) is 154 Å². The van der Waals surface area contributed by atoms with Gasteiger partial charge in [0.05, 0.1) is 6.10 Å². The van der Waals surface area contributed by atoms with Gasteiger partial charge in [0.2, 0.25) is 0 Å². The number of fused-ring (bicyclic) bond motifs is 5. The zero-order valence-corrected chi connectivity index (χ0v) is 21.3. The van der Waals surface area contributed by atoms with Crippen LogP contribution in [-0.4, -0.2) is 80.7 Å². The van der Waals surface area contributed by atoms with Gasteiger partial charge in [0.25, 0.3) is 0 Å². The molecule has 4 aliphatic carbocycles. The second kappa shape index (κ2) is 9.58. The van der Waals surface area contributed by atoms with Crippen LogP contribution in [0.5, 0.6) is 0 Å². The Balaban J connectivity index is 1.24. The van der Waals surface area contributed by atoms with Gasteiger partial charge in [-0.2, -0.15) is 0 Å². The summed E-state index contributed by atoms with van der Waals surface area (Å²) in [5.74, 6) is 0.557. The van der Waals surface area contributed by atoms with Gasteiger partial charge in [-0.1, -0.05) is 13.8 Å². The van der Waals surface area contributed by atoms with Crippen molar-refractivity contribution in [1.82, 2.24) is 0 Å². The number of carbonyl (C=O) groups is 2. The molecule has 5 rings (SSSR count). The first-order valence-electron chi connectivity index (χ1n) is 13.7. The zero-order chi connectivity index (χ0) is 26.0. The molecule has 1 aliphatic heterocycles. The van der Waals surface area contributed by atoms with E-state index in [1.165, 1.54) is 0 Å². The monoisotopic (exact) mass is 510 g/mol. The summed E-state index contributed by atoms with van der Waals surface area (Å²) in [6.45, 7) is 4.35. The van der Waals surface area contributed by atoms with Crippen molar-refractivity contribution in [2.75, 3.05) is 6.61 Å². The van der Waals surface area contributed by atoms with Crippen molar-refractivity contribution in [3.8, 4) is 0 Å². The van der Waals surface area contributed by atoms with Crippen molar-refractivity contribution >= 4 is 11.8 Å². The summed E-state index contributed by atoms with van der Waals surface area (Å²) in [5, 5.41) is 49.6. The molecule has 0 amide bonds. The number of ketones is 1. The van der Waals surface area contributed by atoms with Crippen molar-refractivity contribution in [3.63, 3.8) is 0 Å². The molecule has 0 aromatic heterocycles. The lowest BCUT2D eigenvalue weighted by molar-refractivity contribution is -0.292. The van der Waals surface area contributed by atoms with Gasteiger partial charge in [-0.3, -0.25) is 4.79 Å². The van der Waals surface area contributed by atoms with Gasteiger partial charge in [0.1, 0.15) is 24.9 Å². The fraction of sp³-hybridized carbons (Fsp3) is 0.926. The van der Waals surface area contributed by atoms with E-state index in [0.29, 0.717) is 23.7 Å². The van der Waals surface area contributed by atoms with Crippen LogP contribution in [0.2, 0.25) is 0 Å². The molecule has 0 aromatic rings. The molecule has 5 aliphatic rings. The van der Waals surface area contributed by atoms with Crippen molar-refractivity contribution in [3.05, 3.63) is 0 Å². The predicted molar refractivity (Wildman–Crippen MR) is 127 cm³/mol. The minimum absolute atomic E-state index is 0.0811. The summed E-state index contributed by atoms with van der Waals surface area (Å²) in [5.41, 5.74) is 0.152. The minimum Gasteiger partial charge on any atom is -0.479 e. The standard InChI is InChI=1S/C27H42O9/c1-26-9-7-14(28)11-13(26)3-4-15-16-5-6-18(27(16,2)10-8-17(15)26)19(29)12-35-25-22(32)20(30)21(31)23(36-25)24(33)34/h13-18,20-23,25,28,30-32H,3-12H2,1-2H3,(H,33,34)/t13-,14-,15+,16+,17+,18-,20+,21+,22-,23+,25?,26+,27+/m1/s1. The van der Waals surface area contributed by atoms with Crippen LogP contribution in [-0.2, 0) is 19.1 Å². The highest BCUT2D eigenvalue weighted by Gasteiger charge is 2.61. The first-order chi connectivity index (χ1) is 17.0. The maximum Gasteiger partial charge on any atom is 0.335 e. The van der Waals surface area contributed by atoms with Crippen LogP contribution in [0.25, 0.3) is 0 Å². The molecule has 36 heavy (non-hydrogen) atoms. The molecule has 13 atom stereocenters. The minimum atomic E-state index is -1.79. The highest BCUT2D eigenvalue weighted by atomic mass is 16.7. The summed E-state index contributed by atoms with van der Waals surface area (Å²) in [6.07, 6.45) is 0.468. The number of Topliss-reactive ketones (excluding diaryl/α,β-unsaturated/α-hetero) is 1. The van der Waals surface area contributed by atoms with Crippen molar-refractivity contribution in [2.45, 2.75) is 108 Å². The van der Waals surface area contributed by atoms with E-state index in [2.05, 4.69) is 13.8 Å². The SMILES string of the molecule is C[C@]12CC[C@@H](O)C[C@H]1CC[C@@H]1[C@@H]2CC[C@]2(C)[C@@H](C(=O)COC3O[C@H](C(=O)O)[C@@H](O)[C@H](O)[C@H]3O)CC[C@@H]12. The Morgan fingerprint density at radius 2 is 1.56 bits per heavy atom. The first-order valence-corrected chi connectivity index (χ1v) is 13.7. The molecule has 1 unspecified atom stereocenters. The molecule has 5 fully saturated rings. The number of hydrogen-bond acceptors (Lipinski definition) is 8. The molecule has 0 radical (unpaired) electrons. The van der Waals surface area contributed by atoms with E-state index >= 15 is 0 Å². The maximum atomic E-state index is 13.4. The fourth-order valence-electron chi connectivity index (χ4n) is 9.22. The van der Waals surface area contributed by atoms with Gasteiger partial charge in [0, 0.05) is 5.92 Å². The highest BCUT2D eigenvalue weighted by molar-refractivity contribution is 5.83. The molecular weight excluding hydrogens is 468 g/mol. The van der Waals surface area contributed by atoms with E-state index in [4.69, 9.17) is 9.47 Å². The summed E-state index contributed by atoms with van der Waals surface area (Å²) < 4.78 is 10.7. The van der Waals surface area contributed by atoms with Crippen LogP contribution in [0.15, 0.2) is 0 Å². The summed E-state index contributed by atoms with van der Waals surface area (Å²) in [6, 6.07) is 0. The van der Waals surface area contributed by atoms with Crippen LogP contribution in [0.1, 0.15) is 71.6 Å². The molecular formula is C27H42O9. The molecule has 1 heterocycles. The Kier molecular flexibility index (Phi) is 7.05. The number of aliphatic carboxylic acids is 1. The van der Waals surface area contributed by atoms with Crippen LogP contribution >= 0.6 is 0 Å². The number of hydrogen-bond donors (Lipinski definition) is 5. The average molecular weight is 511 g/mol. The van der Waals surface area contributed by atoms with Crippen LogP contribution in [0, 0.1) is 40.4 Å². The number of rotatable bonds is 5. The molecule has 4 saturated carbocycles. The Bertz CT molecular complexity index is 864. The van der Waals surface area contributed by atoms with Crippen molar-refractivity contribution < 1.29 is 44.6 Å². The van der Waals surface area contributed by atoms with E-state index in [9.17, 15) is 35.1 Å². The Hall–Kier alpha value is -1.10. The largest absolute Gasteiger partial charge is 0.479 e. The summed E-state index contributed by atoms with van der Waals surface area (Å²) >= 11 is 0. The third-order valence-corrected chi connectivity index (χ3v) is 11.2. The average Bonchev–Trinajstić information content (AvgIpc) is 3.19. The number of carbonyl (C=O) groups excluding carboxylic acids is 1. The third-order valence-electron chi connectivity index (χ3n) is 11.2. The van der Waals surface area contributed by atoms with E-state index < -0.39 is 36.7 Å². The second-order valence-corrected chi connectivity index (χ2v) is 12.8. The fourth-order valence-corrected chi connectivity index (χ4v) is 9.22. The van der Waals surface area contributed by atoms with Crippen LogP contribution in [0.4, 0.5) is 0 Å². The van der Waals surface area contributed by atoms with Gasteiger partial charge >= 0.3 is 5.97 Å². The Morgan fingerprint density at radius 3 is 2.28 bits per heavy atom. The molecule has 0 bridgehead atoms. The number of aliphatic hydroxyl groups is 4. The van der Waals surface area contributed by atoms with Crippen LogP contribution < -0.4 is 0 Å². The predicted octanol–water partition coefficient (Wildman–Crippen LogP) is 1.48. The van der Waals surface area contributed by atoms with E-state index in [0.717, 1.165) is 57.8 Å². The lowest BCUT2D eigenvalue weighted by Crippen LogP contribution is -2.60. The number of ether oxygens (including phenoxy) is 2. The maximum absolute atomic E-state index is 13.4. The van der Waals surface area contributed by atoms with Gasteiger partial charge in [0.15, 0.2) is 18.2 Å². The first kappa shape index (κ1) is 26.5. The number of carboxylic acid groups (broad SMARTS) is 1. The van der Waals surface area contributed by atoms with Crippen molar-refractivity contribution in [2.24, 2.45) is 40.4 Å². The van der Waals surface area contributed by atoms with E-state index in [1.807, 2.05) is 0 Å². The Labute approximate surface area is 212 Å².